The molecule has 3 aromatic rings. The lowest BCUT2D eigenvalue weighted by Crippen LogP contribution is -2.29. The summed E-state index contributed by atoms with van der Waals surface area (Å²) in [5.41, 5.74) is 2.30. The Bertz CT molecular complexity index is 1040. The average Bonchev–Trinajstić information content (AvgIpc) is 2.95. The summed E-state index contributed by atoms with van der Waals surface area (Å²) in [7, 11) is 0. The molecule has 1 aliphatic rings. The molecule has 3 amide bonds. The van der Waals surface area contributed by atoms with Gasteiger partial charge in [-0.15, -0.1) is 0 Å². The predicted octanol–water partition coefficient (Wildman–Crippen LogP) is 4.50. The molecule has 1 heterocycles. The number of fused-ring (bicyclic) bond motifs is 1. The molecule has 1 N–H and O–H groups in total. The molecule has 132 valence electrons. The van der Waals surface area contributed by atoms with E-state index in [1.54, 1.807) is 66.7 Å². The highest BCUT2D eigenvalue weighted by atomic mass is 79.9. The van der Waals surface area contributed by atoms with Crippen molar-refractivity contribution in [2.24, 2.45) is 0 Å². The van der Waals surface area contributed by atoms with E-state index in [9.17, 15) is 14.4 Å². The molecule has 3 aromatic carbocycles. The minimum absolute atomic E-state index is 0.246. The summed E-state index contributed by atoms with van der Waals surface area (Å²) in [6.07, 6.45) is 0. The summed E-state index contributed by atoms with van der Waals surface area (Å²) in [6, 6.07) is 20.5. The van der Waals surface area contributed by atoms with Crippen LogP contribution in [-0.2, 0) is 0 Å². The molecule has 0 saturated heterocycles. The van der Waals surface area contributed by atoms with Gasteiger partial charge in [0.15, 0.2) is 0 Å². The third kappa shape index (κ3) is 3.04. The van der Waals surface area contributed by atoms with Crippen molar-refractivity contribution in [3.8, 4) is 0 Å². The number of carbonyl (C=O) groups excluding carboxylic acids is 3. The number of carbonyl (C=O) groups is 3. The quantitative estimate of drug-likeness (QED) is 0.634. The van der Waals surface area contributed by atoms with Crippen LogP contribution < -0.4 is 10.2 Å². The normalized spacial score (nSPS) is 12.9. The molecule has 0 spiro atoms. The van der Waals surface area contributed by atoms with E-state index in [4.69, 9.17) is 0 Å². The van der Waals surface area contributed by atoms with E-state index in [-0.39, 0.29) is 17.7 Å². The first-order chi connectivity index (χ1) is 13.1. The van der Waals surface area contributed by atoms with Gasteiger partial charge in [0, 0.05) is 10.0 Å². The van der Waals surface area contributed by atoms with Crippen LogP contribution in [0.1, 0.15) is 31.1 Å². The number of hydrogen-bond acceptors (Lipinski definition) is 3. The number of halogens is 1. The fraction of sp³-hybridized carbons (Fsp3) is 0. The predicted molar refractivity (Wildman–Crippen MR) is 106 cm³/mol. The minimum Gasteiger partial charge on any atom is -0.321 e. The first kappa shape index (κ1) is 17.2. The van der Waals surface area contributed by atoms with Crippen LogP contribution >= 0.6 is 15.9 Å². The van der Waals surface area contributed by atoms with Gasteiger partial charge in [-0.05, 0) is 58.4 Å². The van der Waals surface area contributed by atoms with Crippen LogP contribution in [0.25, 0.3) is 0 Å². The Morgan fingerprint density at radius 2 is 1.41 bits per heavy atom. The highest BCUT2D eigenvalue weighted by Crippen LogP contribution is 2.33. The van der Waals surface area contributed by atoms with Crippen molar-refractivity contribution in [3.63, 3.8) is 0 Å². The molecular formula is C21H13BrN2O3. The number of amides is 3. The lowest BCUT2D eigenvalue weighted by molar-refractivity contribution is 0.0924. The lowest BCUT2D eigenvalue weighted by atomic mass is 10.1. The molecule has 0 unspecified atom stereocenters. The fourth-order valence-electron chi connectivity index (χ4n) is 2.95. The maximum atomic E-state index is 12.6. The third-order valence-electron chi connectivity index (χ3n) is 4.29. The van der Waals surface area contributed by atoms with Crippen molar-refractivity contribution in [3.05, 3.63) is 94.0 Å². The SMILES string of the molecule is O=C(Nc1ccc(N2C(=O)c3ccccc3C2=O)cc1Br)c1ccccc1. The van der Waals surface area contributed by atoms with Gasteiger partial charge in [0.1, 0.15) is 0 Å². The first-order valence-electron chi connectivity index (χ1n) is 8.20. The van der Waals surface area contributed by atoms with Crippen molar-refractivity contribution in [1.82, 2.24) is 0 Å². The molecule has 5 nitrogen and oxygen atoms in total. The lowest BCUT2D eigenvalue weighted by Gasteiger charge is -2.16. The van der Waals surface area contributed by atoms with E-state index in [1.165, 1.54) is 0 Å². The van der Waals surface area contributed by atoms with Crippen molar-refractivity contribution in [2.75, 3.05) is 10.2 Å². The Hall–Kier alpha value is -3.25. The summed E-state index contributed by atoms with van der Waals surface area (Å²) in [5.74, 6) is -0.961. The zero-order chi connectivity index (χ0) is 19.0. The van der Waals surface area contributed by atoms with E-state index in [0.717, 1.165) is 4.90 Å². The van der Waals surface area contributed by atoms with Gasteiger partial charge in [0.25, 0.3) is 17.7 Å². The largest absolute Gasteiger partial charge is 0.321 e. The van der Waals surface area contributed by atoms with E-state index in [1.807, 2.05) is 6.07 Å². The standard InChI is InChI=1S/C21H13BrN2O3/c22-17-12-14(24-20(26)15-8-4-5-9-16(15)21(24)27)10-11-18(17)23-19(25)13-6-2-1-3-7-13/h1-12H,(H,23,25). The molecule has 0 aromatic heterocycles. The Morgan fingerprint density at radius 1 is 0.815 bits per heavy atom. The molecule has 0 aliphatic carbocycles. The van der Waals surface area contributed by atoms with Crippen LogP contribution in [-0.4, -0.2) is 17.7 Å². The molecule has 0 saturated carbocycles. The Labute approximate surface area is 163 Å². The molecule has 0 radical (unpaired) electrons. The van der Waals surface area contributed by atoms with E-state index >= 15 is 0 Å². The van der Waals surface area contributed by atoms with Crippen molar-refractivity contribution in [1.29, 1.82) is 0 Å². The van der Waals surface area contributed by atoms with Crippen molar-refractivity contribution in [2.45, 2.75) is 0 Å². The van der Waals surface area contributed by atoms with E-state index in [2.05, 4.69) is 21.2 Å². The van der Waals surface area contributed by atoms with Gasteiger partial charge in [-0.2, -0.15) is 0 Å². The van der Waals surface area contributed by atoms with E-state index < -0.39 is 0 Å². The number of anilines is 2. The topological polar surface area (TPSA) is 66.5 Å². The number of benzene rings is 3. The van der Waals surface area contributed by atoms with Crippen molar-refractivity contribution >= 4 is 45.0 Å². The highest BCUT2D eigenvalue weighted by molar-refractivity contribution is 9.10. The van der Waals surface area contributed by atoms with Crippen LogP contribution in [0.5, 0.6) is 0 Å². The van der Waals surface area contributed by atoms with Gasteiger partial charge < -0.3 is 5.32 Å². The number of rotatable bonds is 3. The molecule has 0 fully saturated rings. The molecule has 27 heavy (non-hydrogen) atoms. The number of hydrogen-bond donors (Lipinski definition) is 1. The van der Waals surface area contributed by atoms with Gasteiger partial charge in [-0.1, -0.05) is 30.3 Å². The molecular weight excluding hydrogens is 408 g/mol. The minimum atomic E-state index is -0.358. The number of imide groups is 1. The second-order valence-electron chi connectivity index (χ2n) is 5.98. The van der Waals surface area contributed by atoms with Crippen LogP contribution in [0, 0.1) is 0 Å². The molecule has 4 rings (SSSR count). The fourth-order valence-corrected chi connectivity index (χ4v) is 3.42. The van der Waals surface area contributed by atoms with Gasteiger partial charge in [-0.25, -0.2) is 4.90 Å². The van der Waals surface area contributed by atoms with Crippen LogP contribution in [0.3, 0.4) is 0 Å². The van der Waals surface area contributed by atoms with Crippen LogP contribution in [0.15, 0.2) is 77.3 Å². The maximum Gasteiger partial charge on any atom is 0.266 e. The summed E-state index contributed by atoms with van der Waals surface area (Å²) >= 11 is 3.41. The highest BCUT2D eigenvalue weighted by Gasteiger charge is 2.36. The van der Waals surface area contributed by atoms with Crippen molar-refractivity contribution < 1.29 is 14.4 Å². The Kier molecular flexibility index (Phi) is 4.33. The van der Waals surface area contributed by atoms with Crippen LogP contribution in [0.2, 0.25) is 0 Å². The van der Waals surface area contributed by atoms with Gasteiger partial charge in [-0.3, -0.25) is 14.4 Å². The van der Waals surface area contributed by atoms with Gasteiger partial charge in [0.05, 0.1) is 22.5 Å². The Morgan fingerprint density at radius 3 is 2.00 bits per heavy atom. The average molecular weight is 421 g/mol. The summed E-state index contributed by atoms with van der Waals surface area (Å²) < 4.78 is 0.570. The zero-order valence-corrected chi connectivity index (χ0v) is 15.6. The van der Waals surface area contributed by atoms with Crippen LogP contribution in [0.4, 0.5) is 11.4 Å². The smallest absolute Gasteiger partial charge is 0.266 e. The molecule has 6 heteroatoms. The summed E-state index contributed by atoms with van der Waals surface area (Å²) in [4.78, 5) is 38.6. The second kappa shape index (κ2) is 6.81. The zero-order valence-electron chi connectivity index (χ0n) is 14.0. The molecule has 0 bridgehead atoms. The maximum absolute atomic E-state index is 12.6. The first-order valence-corrected chi connectivity index (χ1v) is 8.99. The summed E-state index contributed by atoms with van der Waals surface area (Å²) in [6.45, 7) is 0. The Balaban J connectivity index is 1.61. The summed E-state index contributed by atoms with van der Waals surface area (Å²) in [5, 5.41) is 2.81. The van der Waals surface area contributed by atoms with Gasteiger partial charge >= 0.3 is 0 Å². The molecule has 1 aliphatic heterocycles. The third-order valence-corrected chi connectivity index (χ3v) is 4.95. The molecule has 0 atom stereocenters. The van der Waals surface area contributed by atoms with Gasteiger partial charge in [0.2, 0.25) is 0 Å². The monoisotopic (exact) mass is 420 g/mol. The number of nitrogens with zero attached hydrogens (tertiary/aromatic N) is 1. The van der Waals surface area contributed by atoms with E-state index in [0.29, 0.717) is 32.5 Å². The number of nitrogens with one attached hydrogen (secondary N) is 1. The second-order valence-corrected chi connectivity index (χ2v) is 6.83.